The number of para-hydroxylation sites is 1. The second-order valence-corrected chi connectivity index (χ2v) is 7.84. The zero-order valence-corrected chi connectivity index (χ0v) is 19.3. The third-order valence-electron chi connectivity index (χ3n) is 5.16. The predicted octanol–water partition coefficient (Wildman–Crippen LogP) is 4.86. The van der Waals surface area contributed by atoms with Crippen LogP contribution in [0.4, 0.5) is 8.78 Å². The van der Waals surface area contributed by atoms with E-state index in [1.807, 2.05) is 13.8 Å². The lowest BCUT2D eigenvalue weighted by molar-refractivity contribution is 0.0195. The highest BCUT2D eigenvalue weighted by Crippen LogP contribution is 2.33. The zero-order chi connectivity index (χ0) is 23.8. The lowest BCUT2D eigenvalue weighted by Crippen LogP contribution is -2.35. The SMILES string of the molecule is CCCN(Cc1c(C)nn(-c2ccc(F)cc2)c1Oc1ccccc1F)CC(O)COCC. The van der Waals surface area contributed by atoms with Crippen molar-refractivity contribution in [2.24, 2.45) is 0 Å². The Hall–Kier alpha value is -2.81. The van der Waals surface area contributed by atoms with E-state index in [0.717, 1.165) is 18.5 Å². The number of benzene rings is 2. The van der Waals surface area contributed by atoms with Crippen LogP contribution in [-0.4, -0.2) is 52.2 Å². The highest BCUT2D eigenvalue weighted by atomic mass is 19.1. The van der Waals surface area contributed by atoms with E-state index in [2.05, 4.69) is 16.9 Å². The van der Waals surface area contributed by atoms with Gasteiger partial charge < -0.3 is 14.6 Å². The fourth-order valence-electron chi connectivity index (χ4n) is 3.59. The first kappa shape index (κ1) is 24.8. The van der Waals surface area contributed by atoms with Gasteiger partial charge in [-0.25, -0.2) is 13.5 Å². The van der Waals surface area contributed by atoms with Crippen molar-refractivity contribution >= 4 is 0 Å². The summed E-state index contributed by atoms with van der Waals surface area (Å²) in [5.74, 6) is -0.438. The van der Waals surface area contributed by atoms with Crippen LogP contribution >= 0.6 is 0 Å². The number of ether oxygens (including phenoxy) is 2. The Kier molecular flexibility index (Phi) is 8.94. The van der Waals surface area contributed by atoms with Crippen molar-refractivity contribution in [1.82, 2.24) is 14.7 Å². The molecule has 6 nitrogen and oxygen atoms in total. The minimum Gasteiger partial charge on any atom is -0.435 e. The van der Waals surface area contributed by atoms with E-state index >= 15 is 0 Å². The fourth-order valence-corrected chi connectivity index (χ4v) is 3.59. The summed E-state index contributed by atoms with van der Waals surface area (Å²) in [7, 11) is 0. The molecule has 178 valence electrons. The molecule has 1 N–H and O–H groups in total. The second kappa shape index (κ2) is 11.9. The lowest BCUT2D eigenvalue weighted by Gasteiger charge is -2.25. The Morgan fingerprint density at radius 2 is 1.82 bits per heavy atom. The number of aromatic nitrogens is 2. The normalized spacial score (nSPS) is 12.3. The Morgan fingerprint density at radius 1 is 1.09 bits per heavy atom. The van der Waals surface area contributed by atoms with Gasteiger partial charge in [-0.2, -0.15) is 5.10 Å². The molecule has 0 aliphatic heterocycles. The minimum atomic E-state index is -0.639. The van der Waals surface area contributed by atoms with E-state index in [1.54, 1.807) is 35.0 Å². The molecule has 0 aliphatic carbocycles. The summed E-state index contributed by atoms with van der Waals surface area (Å²) in [4.78, 5) is 2.09. The summed E-state index contributed by atoms with van der Waals surface area (Å²) in [6.07, 6.45) is 0.246. The molecular formula is C25H31F2N3O3. The summed E-state index contributed by atoms with van der Waals surface area (Å²) >= 11 is 0. The summed E-state index contributed by atoms with van der Waals surface area (Å²) < 4.78 is 40.9. The molecule has 0 aliphatic rings. The molecule has 8 heteroatoms. The van der Waals surface area contributed by atoms with Gasteiger partial charge >= 0.3 is 0 Å². The number of nitrogens with zero attached hydrogens (tertiary/aromatic N) is 3. The molecule has 0 saturated carbocycles. The van der Waals surface area contributed by atoms with Crippen LogP contribution in [0, 0.1) is 18.6 Å². The standard InChI is InChI=1S/C25H31F2N3O3/c1-4-14-29(15-21(31)17-32-5-2)16-22-18(3)28-30(20-12-10-19(26)11-13-20)25(22)33-24-9-7-6-8-23(24)27/h6-13,21,31H,4-5,14-17H2,1-3H3. The molecule has 1 heterocycles. The predicted molar refractivity (Wildman–Crippen MR) is 123 cm³/mol. The Balaban J connectivity index is 1.98. The van der Waals surface area contributed by atoms with Crippen LogP contribution in [0.5, 0.6) is 11.6 Å². The number of rotatable bonds is 12. The lowest BCUT2D eigenvalue weighted by atomic mass is 10.2. The quantitative estimate of drug-likeness (QED) is 0.419. The maximum absolute atomic E-state index is 14.4. The molecule has 0 amide bonds. The van der Waals surface area contributed by atoms with E-state index in [9.17, 15) is 13.9 Å². The number of aliphatic hydroxyl groups is 1. The molecular weight excluding hydrogens is 428 g/mol. The molecule has 1 atom stereocenters. The Morgan fingerprint density at radius 3 is 2.48 bits per heavy atom. The molecule has 0 radical (unpaired) electrons. The molecule has 0 saturated heterocycles. The van der Waals surface area contributed by atoms with Crippen LogP contribution in [0.25, 0.3) is 5.69 Å². The number of aryl methyl sites for hydroxylation is 1. The van der Waals surface area contributed by atoms with Crippen LogP contribution in [0.3, 0.4) is 0 Å². The molecule has 1 unspecified atom stereocenters. The highest BCUT2D eigenvalue weighted by Gasteiger charge is 2.23. The first-order valence-electron chi connectivity index (χ1n) is 11.2. The van der Waals surface area contributed by atoms with Crippen molar-refractivity contribution < 1.29 is 23.4 Å². The maximum Gasteiger partial charge on any atom is 0.227 e. The van der Waals surface area contributed by atoms with Crippen LogP contribution in [0.1, 0.15) is 31.5 Å². The monoisotopic (exact) mass is 459 g/mol. The van der Waals surface area contributed by atoms with Crippen LogP contribution in [0.15, 0.2) is 48.5 Å². The average Bonchev–Trinajstić information content (AvgIpc) is 3.09. The third kappa shape index (κ3) is 6.60. The molecule has 0 bridgehead atoms. The van der Waals surface area contributed by atoms with Gasteiger partial charge in [0.1, 0.15) is 5.82 Å². The fraction of sp³-hybridized carbons (Fsp3) is 0.400. The molecule has 0 fully saturated rings. The van der Waals surface area contributed by atoms with Crippen molar-refractivity contribution in [3.8, 4) is 17.3 Å². The van der Waals surface area contributed by atoms with E-state index in [-0.39, 0.29) is 18.2 Å². The first-order chi connectivity index (χ1) is 15.9. The number of aliphatic hydroxyl groups excluding tert-OH is 1. The van der Waals surface area contributed by atoms with Gasteiger partial charge in [-0.15, -0.1) is 0 Å². The largest absolute Gasteiger partial charge is 0.435 e. The van der Waals surface area contributed by atoms with Crippen molar-refractivity contribution in [2.45, 2.75) is 39.8 Å². The smallest absolute Gasteiger partial charge is 0.227 e. The van der Waals surface area contributed by atoms with Crippen molar-refractivity contribution in [3.63, 3.8) is 0 Å². The molecule has 0 spiro atoms. The van der Waals surface area contributed by atoms with Crippen molar-refractivity contribution in [1.29, 1.82) is 0 Å². The van der Waals surface area contributed by atoms with Gasteiger partial charge in [-0.1, -0.05) is 19.1 Å². The van der Waals surface area contributed by atoms with Gasteiger partial charge in [0.2, 0.25) is 5.88 Å². The summed E-state index contributed by atoms with van der Waals surface area (Å²) in [5, 5.41) is 15.0. The van der Waals surface area contributed by atoms with E-state index in [0.29, 0.717) is 37.0 Å². The Labute approximate surface area is 193 Å². The summed E-state index contributed by atoms with van der Waals surface area (Å²) in [5.41, 5.74) is 2.06. The second-order valence-electron chi connectivity index (χ2n) is 7.84. The van der Waals surface area contributed by atoms with Gasteiger partial charge in [-0.05, 0) is 63.2 Å². The van der Waals surface area contributed by atoms with Gasteiger partial charge in [-0.3, -0.25) is 4.90 Å². The van der Waals surface area contributed by atoms with E-state index in [4.69, 9.17) is 9.47 Å². The summed E-state index contributed by atoms with van der Waals surface area (Å²) in [6, 6.07) is 12.0. The van der Waals surface area contributed by atoms with Gasteiger partial charge in [0.05, 0.1) is 29.7 Å². The molecule has 3 aromatic rings. The van der Waals surface area contributed by atoms with Crippen LogP contribution in [-0.2, 0) is 11.3 Å². The van der Waals surface area contributed by atoms with Gasteiger partial charge in [0, 0.05) is 19.7 Å². The zero-order valence-electron chi connectivity index (χ0n) is 19.3. The molecule has 33 heavy (non-hydrogen) atoms. The van der Waals surface area contributed by atoms with Crippen molar-refractivity contribution in [3.05, 3.63) is 71.4 Å². The molecule has 2 aromatic carbocycles. The molecule has 1 aromatic heterocycles. The first-order valence-corrected chi connectivity index (χ1v) is 11.2. The third-order valence-corrected chi connectivity index (χ3v) is 5.16. The van der Waals surface area contributed by atoms with E-state index in [1.165, 1.54) is 18.2 Å². The van der Waals surface area contributed by atoms with Crippen LogP contribution < -0.4 is 4.74 Å². The number of hydrogen-bond donors (Lipinski definition) is 1. The van der Waals surface area contributed by atoms with Crippen LogP contribution in [0.2, 0.25) is 0 Å². The van der Waals surface area contributed by atoms with E-state index < -0.39 is 11.9 Å². The minimum absolute atomic E-state index is 0.0698. The molecule has 3 rings (SSSR count). The number of halogens is 2. The number of hydrogen-bond acceptors (Lipinski definition) is 5. The maximum atomic E-state index is 14.4. The van der Waals surface area contributed by atoms with Gasteiger partial charge in [0.15, 0.2) is 11.6 Å². The average molecular weight is 460 g/mol. The van der Waals surface area contributed by atoms with Crippen molar-refractivity contribution in [2.75, 3.05) is 26.3 Å². The van der Waals surface area contributed by atoms with Gasteiger partial charge in [0.25, 0.3) is 0 Å². The summed E-state index contributed by atoms with van der Waals surface area (Å²) in [6.45, 7) is 8.18. The highest BCUT2D eigenvalue weighted by molar-refractivity contribution is 5.43. The topological polar surface area (TPSA) is 59.8 Å². The Bertz CT molecular complexity index is 1020.